The number of rotatable bonds is 5. The number of hydrogen-bond donors (Lipinski definition) is 0. The lowest BCUT2D eigenvalue weighted by molar-refractivity contribution is -0.145. The van der Waals surface area contributed by atoms with Crippen LogP contribution in [0.4, 0.5) is 0 Å². The van der Waals surface area contributed by atoms with Crippen molar-refractivity contribution in [3.05, 3.63) is 29.8 Å². The highest BCUT2D eigenvalue weighted by atomic mass is 16.7. The van der Waals surface area contributed by atoms with Crippen LogP contribution in [-0.4, -0.2) is 57.1 Å². The van der Waals surface area contributed by atoms with Gasteiger partial charge in [-0.1, -0.05) is 0 Å². The molecule has 1 aromatic rings. The highest BCUT2D eigenvalue weighted by Gasteiger charge is 2.35. The number of likely N-dealkylation sites (tertiary alicyclic amines) is 1. The van der Waals surface area contributed by atoms with Gasteiger partial charge in [0.2, 0.25) is 5.91 Å². The molecule has 2 heterocycles. The highest BCUT2D eigenvalue weighted by molar-refractivity contribution is 5.92. The number of ether oxygens (including phenoxy) is 4. The monoisotopic (exact) mass is 347 g/mol. The number of hydrogen-bond acceptors (Lipinski definition) is 5. The van der Waals surface area contributed by atoms with Crippen molar-refractivity contribution in [2.45, 2.75) is 31.6 Å². The SMILES string of the molecule is COc1cc(/C=C\C(=O)N2CCCC[C@@H]2C2OCCO2)cc(OC)c1. The Morgan fingerprint density at radius 3 is 2.44 bits per heavy atom. The van der Waals surface area contributed by atoms with Gasteiger partial charge in [-0.15, -0.1) is 0 Å². The van der Waals surface area contributed by atoms with E-state index in [9.17, 15) is 4.79 Å². The molecule has 0 unspecified atom stereocenters. The normalized spacial score (nSPS) is 21.7. The van der Waals surface area contributed by atoms with Gasteiger partial charge in [0.25, 0.3) is 0 Å². The van der Waals surface area contributed by atoms with Gasteiger partial charge in [-0.2, -0.15) is 0 Å². The van der Waals surface area contributed by atoms with Crippen molar-refractivity contribution >= 4 is 12.0 Å². The van der Waals surface area contributed by atoms with Crippen LogP contribution in [0.2, 0.25) is 0 Å². The van der Waals surface area contributed by atoms with Crippen LogP contribution in [-0.2, 0) is 14.3 Å². The van der Waals surface area contributed by atoms with Gasteiger partial charge in [-0.05, 0) is 43.0 Å². The quantitative estimate of drug-likeness (QED) is 0.766. The predicted octanol–water partition coefficient (Wildman–Crippen LogP) is 2.47. The van der Waals surface area contributed by atoms with Gasteiger partial charge in [-0.25, -0.2) is 0 Å². The molecule has 0 radical (unpaired) electrons. The Balaban J connectivity index is 1.72. The molecule has 2 aliphatic rings. The van der Waals surface area contributed by atoms with Gasteiger partial charge in [0.15, 0.2) is 6.29 Å². The molecule has 0 aliphatic carbocycles. The Labute approximate surface area is 148 Å². The van der Waals surface area contributed by atoms with Crippen molar-refractivity contribution in [1.82, 2.24) is 4.90 Å². The van der Waals surface area contributed by atoms with Crippen molar-refractivity contribution in [3.8, 4) is 11.5 Å². The molecule has 25 heavy (non-hydrogen) atoms. The lowest BCUT2D eigenvalue weighted by Gasteiger charge is -2.37. The molecule has 2 saturated heterocycles. The topological polar surface area (TPSA) is 57.2 Å². The fraction of sp³-hybridized carbons (Fsp3) is 0.526. The number of amides is 1. The fourth-order valence-electron chi connectivity index (χ4n) is 3.30. The number of carbonyl (C=O) groups excluding carboxylic acids is 1. The van der Waals surface area contributed by atoms with Crippen molar-refractivity contribution in [2.75, 3.05) is 34.0 Å². The Bertz CT molecular complexity index is 602. The van der Waals surface area contributed by atoms with E-state index in [1.807, 2.05) is 17.0 Å². The maximum absolute atomic E-state index is 12.7. The van der Waals surface area contributed by atoms with E-state index in [2.05, 4.69) is 0 Å². The third-order valence-electron chi connectivity index (χ3n) is 4.59. The van der Waals surface area contributed by atoms with Crippen molar-refractivity contribution in [2.24, 2.45) is 0 Å². The standard InChI is InChI=1S/C19H25NO5/c1-22-15-11-14(12-16(13-15)23-2)6-7-18(21)20-8-4-3-5-17(20)19-24-9-10-25-19/h6-7,11-13,17,19H,3-5,8-10H2,1-2H3/b7-6-/t17-/m1/s1. The van der Waals surface area contributed by atoms with Gasteiger partial charge in [0.1, 0.15) is 11.5 Å². The number of methoxy groups -OCH3 is 2. The molecule has 3 rings (SSSR count). The summed E-state index contributed by atoms with van der Waals surface area (Å²) in [4.78, 5) is 14.6. The van der Waals surface area contributed by atoms with Gasteiger partial charge in [-0.3, -0.25) is 4.79 Å². The fourth-order valence-corrected chi connectivity index (χ4v) is 3.30. The van der Waals surface area contributed by atoms with E-state index in [0.29, 0.717) is 24.7 Å². The third-order valence-corrected chi connectivity index (χ3v) is 4.59. The van der Waals surface area contributed by atoms with Crippen LogP contribution in [0.25, 0.3) is 6.08 Å². The zero-order chi connectivity index (χ0) is 17.6. The summed E-state index contributed by atoms with van der Waals surface area (Å²) in [6, 6.07) is 5.52. The summed E-state index contributed by atoms with van der Waals surface area (Å²) in [6.07, 6.45) is 6.10. The first-order valence-electron chi connectivity index (χ1n) is 8.66. The zero-order valence-electron chi connectivity index (χ0n) is 14.8. The van der Waals surface area contributed by atoms with Gasteiger partial charge < -0.3 is 23.8 Å². The molecule has 0 aromatic heterocycles. The first kappa shape index (κ1) is 17.8. The Hall–Kier alpha value is -2.05. The van der Waals surface area contributed by atoms with E-state index in [0.717, 1.165) is 31.4 Å². The van der Waals surface area contributed by atoms with Gasteiger partial charge >= 0.3 is 0 Å². The van der Waals surface area contributed by atoms with E-state index in [-0.39, 0.29) is 18.2 Å². The molecule has 0 bridgehead atoms. The van der Waals surface area contributed by atoms with Crippen LogP contribution >= 0.6 is 0 Å². The Kier molecular flexibility index (Phi) is 5.94. The van der Waals surface area contributed by atoms with E-state index >= 15 is 0 Å². The molecule has 0 N–H and O–H groups in total. The van der Waals surface area contributed by atoms with E-state index in [1.165, 1.54) is 0 Å². The van der Waals surface area contributed by atoms with Crippen LogP contribution in [0.3, 0.4) is 0 Å². The highest BCUT2D eigenvalue weighted by Crippen LogP contribution is 2.26. The largest absolute Gasteiger partial charge is 0.497 e. The number of carbonyl (C=O) groups is 1. The second kappa shape index (κ2) is 8.36. The molecule has 6 heteroatoms. The number of benzene rings is 1. The van der Waals surface area contributed by atoms with Crippen LogP contribution in [0, 0.1) is 0 Å². The minimum atomic E-state index is -0.297. The van der Waals surface area contributed by atoms with E-state index < -0.39 is 0 Å². The zero-order valence-corrected chi connectivity index (χ0v) is 14.8. The minimum absolute atomic E-state index is 0.00625. The summed E-state index contributed by atoms with van der Waals surface area (Å²) < 4.78 is 21.8. The summed E-state index contributed by atoms with van der Waals surface area (Å²) in [5.41, 5.74) is 0.853. The maximum atomic E-state index is 12.7. The molecule has 1 amide bonds. The Morgan fingerprint density at radius 1 is 1.12 bits per heavy atom. The predicted molar refractivity (Wildman–Crippen MR) is 93.6 cm³/mol. The number of piperidine rings is 1. The van der Waals surface area contributed by atoms with Crippen LogP contribution in [0.5, 0.6) is 11.5 Å². The summed E-state index contributed by atoms with van der Waals surface area (Å²) in [7, 11) is 3.21. The lowest BCUT2D eigenvalue weighted by Crippen LogP contribution is -2.49. The molecular formula is C19H25NO5. The first-order chi connectivity index (χ1) is 12.2. The van der Waals surface area contributed by atoms with Gasteiger partial charge in [0.05, 0.1) is 33.5 Å². The van der Waals surface area contributed by atoms with Crippen molar-refractivity contribution in [3.63, 3.8) is 0 Å². The molecule has 1 atom stereocenters. The van der Waals surface area contributed by atoms with E-state index in [1.54, 1.807) is 32.4 Å². The molecule has 2 fully saturated rings. The molecule has 0 spiro atoms. The second-order valence-electron chi connectivity index (χ2n) is 6.18. The van der Waals surface area contributed by atoms with Crippen molar-refractivity contribution in [1.29, 1.82) is 0 Å². The molecule has 136 valence electrons. The van der Waals surface area contributed by atoms with E-state index in [4.69, 9.17) is 18.9 Å². The minimum Gasteiger partial charge on any atom is -0.497 e. The lowest BCUT2D eigenvalue weighted by atomic mass is 10.0. The summed E-state index contributed by atoms with van der Waals surface area (Å²) in [5, 5.41) is 0. The average molecular weight is 347 g/mol. The maximum Gasteiger partial charge on any atom is 0.246 e. The summed E-state index contributed by atoms with van der Waals surface area (Å²) >= 11 is 0. The average Bonchev–Trinajstić information content (AvgIpc) is 3.20. The number of nitrogens with zero attached hydrogens (tertiary/aromatic N) is 1. The van der Waals surface area contributed by atoms with Crippen LogP contribution in [0.1, 0.15) is 24.8 Å². The smallest absolute Gasteiger partial charge is 0.246 e. The summed E-state index contributed by atoms with van der Waals surface area (Å²) in [5.74, 6) is 1.36. The van der Waals surface area contributed by atoms with Gasteiger partial charge in [0, 0.05) is 18.7 Å². The molecule has 6 nitrogen and oxygen atoms in total. The summed E-state index contributed by atoms with van der Waals surface area (Å²) in [6.45, 7) is 1.93. The van der Waals surface area contributed by atoms with Crippen LogP contribution in [0.15, 0.2) is 24.3 Å². The van der Waals surface area contributed by atoms with Crippen molar-refractivity contribution < 1.29 is 23.7 Å². The molecule has 2 aliphatic heterocycles. The Morgan fingerprint density at radius 2 is 1.80 bits per heavy atom. The second-order valence-corrected chi connectivity index (χ2v) is 6.18. The molecule has 0 saturated carbocycles. The van der Waals surface area contributed by atoms with Crippen LogP contribution < -0.4 is 9.47 Å². The first-order valence-corrected chi connectivity index (χ1v) is 8.66. The third kappa shape index (κ3) is 4.32. The molecular weight excluding hydrogens is 322 g/mol. The molecule has 1 aromatic carbocycles.